The first-order chi connectivity index (χ1) is 5.91. The molecule has 0 aromatic rings. The highest BCUT2D eigenvalue weighted by molar-refractivity contribution is 8.17. The Morgan fingerprint density at radius 2 is 1.77 bits per heavy atom. The zero-order valence-electron chi connectivity index (χ0n) is 9.05. The van der Waals surface area contributed by atoms with Crippen molar-refractivity contribution >= 4 is 16.9 Å². The van der Waals surface area contributed by atoms with Crippen molar-refractivity contribution in [3.8, 4) is 0 Å². The van der Waals surface area contributed by atoms with E-state index in [-0.39, 0.29) is 10.5 Å². The maximum Gasteiger partial charge on any atom is 0.198 e. The van der Waals surface area contributed by atoms with Gasteiger partial charge in [-0.25, -0.2) is 0 Å². The van der Waals surface area contributed by atoms with Gasteiger partial charge >= 0.3 is 0 Å². The highest BCUT2D eigenvalue weighted by atomic mass is 32.2. The lowest BCUT2D eigenvalue weighted by Crippen LogP contribution is -2.16. The fraction of sp³-hybridized carbons (Fsp3) is 0.545. The predicted octanol–water partition coefficient (Wildman–Crippen LogP) is 3.77. The van der Waals surface area contributed by atoms with Gasteiger partial charge in [0.2, 0.25) is 0 Å². The molecule has 0 aromatic carbocycles. The quantitative estimate of drug-likeness (QED) is 0.628. The predicted molar refractivity (Wildman–Crippen MR) is 60.6 cm³/mol. The van der Waals surface area contributed by atoms with E-state index in [0.29, 0.717) is 0 Å². The molecule has 0 aliphatic heterocycles. The van der Waals surface area contributed by atoms with Crippen molar-refractivity contribution in [2.24, 2.45) is 5.41 Å². The molecular weight excluding hydrogens is 180 g/mol. The summed E-state index contributed by atoms with van der Waals surface area (Å²) in [5.41, 5.74) is -0.263. The maximum absolute atomic E-state index is 11.6. The third-order valence-electron chi connectivity index (χ3n) is 1.44. The molecule has 0 aliphatic rings. The normalized spacial score (nSPS) is 13.8. The number of hydrogen-bond acceptors (Lipinski definition) is 2. The summed E-state index contributed by atoms with van der Waals surface area (Å²) in [6, 6.07) is 0. The summed E-state index contributed by atoms with van der Waals surface area (Å²) < 4.78 is 0. The summed E-state index contributed by atoms with van der Waals surface area (Å²) in [6.07, 6.45) is 5.85. The first-order valence-corrected chi connectivity index (χ1v) is 5.24. The number of hydrogen-bond donors (Lipinski definition) is 0. The molecule has 0 amide bonds. The lowest BCUT2D eigenvalue weighted by molar-refractivity contribution is -0.117. The average molecular weight is 198 g/mol. The van der Waals surface area contributed by atoms with Gasteiger partial charge in [0, 0.05) is 10.3 Å². The fourth-order valence-electron chi connectivity index (χ4n) is 0.614. The summed E-state index contributed by atoms with van der Waals surface area (Å²) in [5.74, 6) is 0. The monoisotopic (exact) mass is 198 g/mol. The van der Waals surface area contributed by atoms with Crippen LogP contribution in [0, 0.1) is 5.41 Å². The van der Waals surface area contributed by atoms with Crippen LogP contribution in [0.15, 0.2) is 23.1 Å². The first kappa shape index (κ1) is 12.5. The van der Waals surface area contributed by atoms with Crippen molar-refractivity contribution in [1.29, 1.82) is 0 Å². The van der Waals surface area contributed by atoms with Crippen LogP contribution in [0.1, 0.15) is 34.6 Å². The highest BCUT2D eigenvalue weighted by Crippen LogP contribution is 2.28. The van der Waals surface area contributed by atoms with Crippen LogP contribution >= 0.6 is 11.8 Å². The molecule has 0 heterocycles. The minimum Gasteiger partial charge on any atom is -0.286 e. The van der Waals surface area contributed by atoms with E-state index in [2.05, 4.69) is 0 Å². The largest absolute Gasteiger partial charge is 0.286 e. The molecule has 0 bridgehead atoms. The minimum atomic E-state index is -0.263. The van der Waals surface area contributed by atoms with E-state index in [1.54, 1.807) is 0 Å². The zero-order valence-corrected chi connectivity index (χ0v) is 9.87. The van der Waals surface area contributed by atoms with Gasteiger partial charge in [-0.1, -0.05) is 50.8 Å². The van der Waals surface area contributed by atoms with Gasteiger partial charge in [0.15, 0.2) is 5.12 Å². The van der Waals surface area contributed by atoms with Crippen molar-refractivity contribution in [1.82, 2.24) is 0 Å². The SMILES string of the molecule is C/C=C\C(=C/C)SC(=O)C(C)(C)C. The Bertz CT molecular complexity index is 231. The summed E-state index contributed by atoms with van der Waals surface area (Å²) >= 11 is 1.31. The van der Waals surface area contributed by atoms with Crippen molar-refractivity contribution in [2.45, 2.75) is 34.6 Å². The molecule has 74 valence electrons. The molecule has 13 heavy (non-hydrogen) atoms. The highest BCUT2D eigenvalue weighted by Gasteiger charge is 2.22. The number of rotatable bonds is 2. The van der Waals surface area contributed by atoms with E-state index in [1.165, 1.54) is 11.8 Å². The molecule has 0 radical (unpaired) electrons. The van der Waals surface area contributed by atoms with E-state index < -0.39 is 0 Å². The summed E-state index contributed by atoms with van der Waals surface area (Å²) in [7, 11) is 0. The lowest BCUT2D eigenvalue weighted by Gasteiger charge is -2.15. The molecule has 0 unspecified atom stereocenters. The second kappa shape index (κ2) is 5.28. The molecule has 0 atom stereocenters. The van der Waals surface area contributed by atoms with E-state index in [1.807, 2.05) is 52.8 Å². The van der Waals surface area contributed by atoms with E-state index in [0.717, 1.165) is 4.91 Å². The molecule has 0 aliphatic carbocycles. The molecule has 0 saturated carbocycles. The molecule has 0 fully saturated rings. The van der Waals surface area contributed by atoms with Gasteiger partial charge in [0.1, 0.15) is 0 Å². The lowest BCUT2D eigenvalue weighted by atomic mass is 10.00. The summed E-state index contributed by atoms with van der Waals surface area (Å²) in [6.45, 7) is 9.70. The standard InChI is InChI=1S/C11H18OS/c1-6-8-9(7-2)13-10(12)11(3,4)5/h6-8H,1-5H3/b8-6-,9-7+. The van der Waals surface area contributed by atoms with Crippen LogP contribution < -0.4 is 0 Å². The second-order valence-electron chi connectivity index (χ2n) is 3.83. The summed E-state index contributed by atoms with van der Waals surface area (Å²) in [5, 5.41) is 0.207. The molecule has 2 heteroatoms. The van der Waals surface area contributed by atoms with Gasteiger partial charge in [-0.05, 0) is 13.8 Å². The van der Waals surface area contributed by atoms with Gasteiger partial charge in [-0.3, -0.25) is 4.79 Å². The Kier molecular flexibility index (Phi) is 5.07. The molecule has 1 nitrogen and oxygen atoms in total. The molecule has 0 aromatic heterocycles. The van der Waals surface area contributed by atoms with E-state index in [9.17, 15) is 4.79 Å². The molecule has 0 rings (SSSR count). The Balaban J connectivity index is 4.36. The van der Waals surface area contributed by atoms with Gasteiger partial charge in [0.05, 0.1) is 0 Å². The first-order valence-electron chi connectivity index (χ1n) is 4.43. The smallest absolute Gasteiger partial charge is 0.198 e. The topological polar surface area (TPSA) is 17.1 Å². The fourth-order valence-corrected chi connectivity index (χ4v) is 1.46. The van der Waals surface area contributed by atoms with Gasteiger partial charge < -0.3 is 0 Å². The van der Waals surface area contributed by atoms with Crippen LogP contribution in [0.4, 0.5) is 0 Å². The van der Waals surface area contributed by atoms with Crippen LogP contribution in [0.25, 0.3) is 0 Å². The van der Waals surface area contributed by atoms with Gasteiger partial charge in [-0.2, -0.15) is 0 Å². The van der Waals surface area contributed by atoms with Crippen LogP contribution in [-0.4, -0.2) is 5.12 Å². The molecule has 0 spiro atoms. The van der Waals surface area contributed by atoms with E-state index >= 15 is 0 Å². The van der Waals surface area contributed by atoms with Gasteiger partial charge in [-0.15, -0.1) is 0 Å². The molecule has 0 saturated heterocycles. The Morgan fingerprint density at radius 1 is 1.23 bits per heavy atom. The Labute approximate surface area is 85.3 Å². The maximum atomic E-state index is 11.6. The van der Waals surface area contributed by atoms with Crippen LogP contribution in [0.2, 0.25) is 0 Å². The summed E-state index contributed by atoms with van der Waals surface area (Å²) in [4.78, 5) is 12.6. The third kappa shape index (κ3) is 4.94. The minimum absolute atomic E-state index is 0.207. The number of carbonyl (C=O) groups is 1. The number of carbonyl (C=O) groups excluding carboxylic acids is 1. The Morgan fingerprint density at radius 3 is 2.08 bits per heavy atom. The Hall–Kier alpha value is -0.500. The van der Waals surface area contributed by atoms with Crippen molar-refractivity contribution in [2.75, 3.05) is 0 Å². The van der Waals surface area contributed by atoms with Crippen LogP contribution in [0.3, 0.4) is 0 Å². The van der Waals surface area contributed by atoms with Crippen molar-refractivity contribution < 1.29 is 4.79 Å². The van der Waals surface area contributed by atoms with Crippen LogP contribution in [-0.2, 0) is 4.79 Å². The number of allylic oxidation sites excluding steroid dienone is 3. The third-order valence-corrected chi connectivity index (χ3v) is 2.84. The van der Waals surface area contributed by atoms with Crippen LogP contribution in [0.5, 0.6) is 0 Å². The molecular formula is C11H18OS. The zero-order chi connectivity index (χ0) is 10.5. The second-order valence-corrected chi connectivity index (χ2v) is 4.88. The van der Waals surface area contributed by atoms with E-state index in [4.69, 9.17) is 0 Å². The number of thioether (sulfide) groups is 1. The van der Waals surface area contributed by atoms with Crippen molar-refractivity contribution in [3.05, 3.63) is 23.1 Å². The van der Waals surface area contributed by atoms with Gasteiger partial charge in [0.25, 0.3) is 0 Å². The average Bonchev–Trinajstić information content (AvgIpc) is 2.01. The molecule has 0 N–H and O–H groups in total. The van der Waals surface area contributed by atoms with Crippen molar-refractivity contribution in [3.63, 3.8) is 0 Å².